The lowest BCUT2D eigenvalue weighted by atomic mass is 10.2. The number of rotatable bonds is 7. The predicted octanol–water partition coefficient (Wildman–Crippen LogP) is 0.940. The van der Waals surface area contributed by atoms with Crippen molar-refractivity contribution in [2.75, 3.05) is 13.2 Å². The zero-order valence-electron chi connectivity index (χ0n) is 10.2. The van der Waals surface area contributed by atoms with E-state index in [4.69, 9.17) is 5.11 Å². The number of aliphatic hydroxyl groups excluding tert-OH is 1. The summed E-state index contributed by atoms with van der Waals surface area (Å²) in [4.78, 5) is 11.3. The summed E-state index contributed by atoms with van der Waals surface area (Å²) in [5.74, 6) is -0.174. The van der Waals surface area contributed by atoms with Crippen LogP contribution in [0, 0.1) is 0 Å². The quantitative estimate of drug-likeness (QED) is 0.571. The molecule has 1 rings (SSSR count). The molecule has 0 atom stereocenters. The van der Waals surface area contributed by atoms with Gasteiger partial charge in [0.2, 0.25) is 10.0 Å². The molecule has 100 valence electrons. The average molecular weight is 271 g/mol. The molecule has 0 saturated heterocycles. The first-order valence-electron chi connectivity index (χ1n) is 5.69. The summed E-state index contributed by atoms with van der Waals surface area (Å²) < 4.78 is 26.2. The molecule has 0 aliphatic carbocycles. The molecule has 6 heteroatoms. The van der Waals surface area contributed by atoms with Crippen molar-refractivity contribution >= 4 is 15.8 Å². The molecule has 0 spiro atoms. The molecule has 0 fully saturated rings. The Balaban J connectivity index is 2.78. The number of nitrogens with one attached hydrogen (secondary N) is 1. The third-order valence-corrected chi connectivity index (χ3v) is 3.89. The lowest BCUT2D eigenvalue weighted by Crippen LogP contribution is -2.25. The molecule has 1 aromatic rings. The van der Waals surface area contributed by atoms with E-state index < -0.39 is 10.0 Å². The molecule has 5 nitrogen and oxygen atoms in total. The molecule has 0 aliphatic rings. The zero-order valence-corrected chi connectivity index (χ0v) is 11.0. The molecule has 0 saturated carbocycles. The topological polar surface area (TPSA) is 83.5 Å². The van der Waals surface area contributed by atoms with Gasteiger partial charge in [0, 0.05) is 18.7 Å². The van der Waals surface area contributed by atoms with Gasteiger partial charge in [0.25, 0.3) is 0 Å². The Morgan fingerprint density at radius 2 is 2.06 bits per heavy atom. The smallest absolute Gasteiger partial charge is 0.240 e. The van der Waals surface area contributed by atoms with Crippen LogP contribution in [0.3, 0.4) is 0 Å². The summed E-state index contributed by atoms with van der Waals surface area (Å²) in [5.41, 5.74) is 0.369. The molecule has 0 amide bonds. The Bertz CT molecular complexity index is 511. The second-order valence-corrected chi connectivity index (χ2v) is 5.68. The summed E-state index contributed by atoms with van der Waals surface area (Å²) in [6.45, 7) is 1.70. The van der Waals surface area contributed by atoms with Crippen LogP contribution in [0.4, 0.5) is 0 Å². The van der Waals surface area contributed by atoms with E-state index in [1.807, 2.05) is 0 Å². The van der Waals surface area contributed by atoms with Crippen LogP contribution in [0.25, 0.3) is 0 Å². The molecule has 18 heavy (non-hydrogen) atoms. The van der Waals surface area contributed by atoms with Gasteiger partial charge in [-0.15, -0.1) is 0 Å². The molecule has 1 aromatic carbocycles. The second kappa shape index (κ2) is 6.63. The van der Waals surface area contributed by atoms with Gasteiger partial charge in [-0.2, -0.15) is 0 Å². The summed E-state index contributed by atoms with van der Waals surface area (Å²) in [7, 11) is -3.58. The Morgan fingerprint density at radius 3 is 2.67 bits per heavy atom. The van der Waals surface area contributed by atoms with Gasteiger partial charge in [0.1, 0.15) is 0 Å². The third-order valence-electron chi connectivity index (χ3n) is 2.43. The van der Waals surface area contributed by atoms with Crippen molar-refractivity contribution in [2.45, 2.75) is 24.7 Å². The molecule has 2 N–H and O–H groups in total. The van der Waals surface area contributed by atoms with Crippen LogP contribution >= 0.6 is 0 Å². The van der Waals surface area contributed by atoms with Gasteiger partial charge in [0.05, 0.1) is 4.90 Å². The van der Waals surface area contributed by atoms with Gasteiger partial charge in [-0.05, 0) is 31.9 Å². The summed E-state index contributed by atoms with van der Waals surface area (Å²) in [6.07, 6.45) is 1.12. The maximum Gasteiger partial charge on any atom is 0.240 e. The lowest BCUT2D eigenvalue weighted by molar-refractivity contribution is 0.101. The highest BCUT2D eigenvalue weighted by atomic mass is 32.2. The number of hydrogen-bond donors (Lipinski definition) is 2. The van der Waals surface area contributed by atoms with Gasteiger partial charge < -0.3 is 5.11 Å². The first-order chi connectivity index (χ1) is 8.47. The first-order valence-corrected chi connectivity index (χ1v) is 7.17. The average Bonchev–Trinajstić information content (AvgIpc) is 2.35. The zero-order chi connectivity index (χ0) is 13.6. The van der Waals surface area contributed by atoms with Gasteiger partial charge in [-0.3, -0.25) is 4.79 Å². The maximum atomic E-state index is 11.9. The van der Waals surface area contributed by atoms with Crippen LogP contribution in [-0.2, 0) is 10.0 Å². The number of carbonyl (C=O) groups excluding carboxylic acids is 1. The van der Waals surface area contributed by atoms with Crippen LogP contribution in [0.2, 0.25) is 0 Å². The van der Waals surface area contributed by atoms with Crippen LogP contribution in [-0.4, -0.2) is 32.5 Å². The van der Waals surface area contributed by atoms with E-state index in [9.17, 15) is 13.2 Å². The molecule has 0 radical (unpaired) electrons. The van der Waals surface area contributed by atoms with E-state index >= 15 is 0 Å². The van der Waals surface area contributed by atoms with Crippen LogP contribution < -0.4 is 4.72 Å². The van der Waals surface area contributed by atoms with Crippen LogP contribution in [0.5, 0.6) is 0 Å². The number of sulfonamides is 1. The van der Waals surface area contributed by atoms with E-state index in [0.29, 0.717) is 18.4 Å². The molecule has 0 bridgehead atoms. The Kier molecular flexibility index (Phi) is 5.46. The van der Waals surface area contributed by atoms with Crippen LogP contribution in [0.1, 0.15) is 30.1 Å². The van der Waals surface area contributed by atoms with Crippen molar-refractivity contribution in [2.24, 2.45) is 0 Å². The predicted molar refractivity (Wildman–Crippen MR) is 68.0 cm³/mol. The van der Waals surface area contributed by atoms with E-state index in [2.05, 4.69) is 4.72 Å². The maximum absolute atomic E-state index is 11.9. The minimum atomic E-state index is -3.58. The monoisotopic (exact) mass is 271 g/mol. The normalized spacial score (nSPS) is 11.4. The SMILES string of the molecule is CC(=O)c1cccc(S(=O)(=O)NCCCCO)c1. The number of ketones is 1. The summed E-state index contributed by atoms with van der Waals surface area (Å²) >= 11 is 0. The molecule has 0 heterocycles. The highest BCUT2D eigenvalue weighted by Crippen LogP contribution is 2.11. The fourth-order valence-electron chi connectivity index (χ4n) is 1.41. The third kappa shape index (κ3) is 4.21. The Morgan fingerprint density at radius 1 is 1.33 bits per heavy atom. The number of aliphatic hydroxyl groups is 1. The fraction of sp³-hybridized carbons (Fsp3) is 0.417. The van der Waals surface area contributed by atoms with Crippen molar-refractivity contribution in [1.82, 2.24) is 4.72 Å². The standard InChI is InChI=1S/C12H17NO4S/c1-10(15)11-5-4-6-12(9-11)18(16,17)13-7-2-3-8-14/h4-6,9,13-14H,2-3,7-8H2,1H3. The van der Waals surface area contributed by atoms with E-state index in [1.165, 1.54) is 19.1 Å². The molecule has 0 aromatic heterocycles. The second-order valence-electron chi connectivity index (χ2n) is 3.91. The number of unbranched alkanes of at least 4 members (excludes halogenated alkanes) is 1. The van der Waals surface area contributed by atoms with E-state index in [0.717, 1.165) is 0 Å². The van der Waals surface area contributed by atoms with Crippen LogP contribution in [0.15, 0.2) is 29.2 Å². The van der Waals surface area contributed by atoms with Crippen molar-refractivity contribution in [3.05, 3.63) is 29.8 Å². The molecular weight excluding hydrogens is 254 g/mol. The van der Waals surface area contributed by atoms with Gasteiger partial charge in [-0.1, -0.05) is 12.1 Å². The van der Waals surface area contributed by atoms with Gasteiger partial charge in [-0.25, -0.2) is 13.1 Å². The minimum absolute atomic E-state index is 0.0432. The van der Waals surface area contributed by atoms with Crippen molar-refractivity contribution in [3.63, 3.8) is 0 Å². The van der Waals surface area contributed by atoms with Crippen molar-refractivity contribution < 1.29 is 18.3 Å². The summed E-state index contributed by atoms with van der Waals surface area (Å²) in [5, 5.41) is 8.60. The first kappa shape index (κ1) is 14.8. The fourth-order valence-corrected chi connectivity index (χ4v) is 2.53. The van der Waals surface area contributed by atoms with E-state index in [1.54, 1.807) is 12.1 Å². The van der Waals surface area contributed by atoms with Gasteiger partial charge >= 0.3 is 0 Å². The Hall–Kier alpha value is -1.24. The largest absolute Gasteiger partial charge is 0.396 e. The number of Topliss-reactive ketones (excluding diaryl/α,β-unsaturated/α-hetero) is 1. The molecular formula is C12H17NO4S. The number of benzene rings is 1. The summed E-state index contributed by atoms with van der Waals surface area (Å²) in [6, 6.07) is 5.92. The van der Waals surface area contributed by atoms with Crippen molar-refractivity contribution in [3.8, 4) is 0 Å². The van der Waals surface area contributed by atoms with Crippen molar-refractivity contribution in [1.29, 1.82) is 0 Å². The molecule has 0 aliphatic heterocycles. The highest BCUT2D eigenvalue weighted by molar-refractivity contribution is 7.89. The minimum Gasteiger partial charge on any atom is -0.396 e. The van der Waals surface area contributed by atoms with Gasteiger partial charge in [0.15, 0.2) is 5.78 Å². The Labute approximate surface area is 107 Å². The lowest BCUT2D eigenvalue weighted by Gasteiger charge is -2.07. The number of hydrogen-bond acceptors (Lipinski definition) is 4. The highest BCUT2D eigenvalue weighted by Gasteiger charge is 2.14. The molecule has 0 unspecified atom stereocenters. The number of carbonyl (C=O) groups is 1. The van der Waals surface area contributed by atoms with E-state index in [-0.39, 0.29) is 23.8 Å².